The first-order valence-electron chi connectivity index (χ1n) is 14.3. The number of piperidine rings is 1. The molecule has 0 aliphatic carbocycles. The van der Waals surface area contributed by atoms with Gasteiger partial charge in [-0.05, 0) is 61.7 Å². The summed E-state index contributed by atoms with van der Waals surface area (Å²) in [6, 6.07) is 15.1. The third-order valence-corrected chi connectivity index (χ3v) is 8.92. The van der Waals surface area contributed by atoms with Crippen LogP contribution in [0.4, 0.5) is 4.79 Å². The fraction of sp³-hybridized carbons (Fsp3) is 0.355. The number of amides is 2. The number of carboxylic acid groups (broad SMARTS) is 1. The molecule has 2 aliphatic rings. The molecule has 0 bridgehead atoms. The largest absolute Gasteiger partial charge is 0.465 e. The maximum absolute atomic E-state index is 13.5. The number of benzene rings is 2. The first-order valence-corrected chi connectivity index (χ1v) is 15.0. The van der Waals surface area contributed by atoms with Gasteiger partial charge in [-0.1, -0.05) is 41.4 Å². The van der Waals surface area contributed by atoms with Gasteiger partial charge in [0, 0.05) is 29.4 Å². The molecule has 2 aromatic heterocycles. The van der Waals surface area contributed by atoms with Crippen LogP contribution in [0.25, 0.3) is 16.7 Å². The summed E-state index contributed by atoms with van der Waals surface area (Å²) in [5.74, 6) is -0.153. The van der Waals surface area contributed by atoms with E-state index in [1.54, 1.807) is 51.9 Å². The van der Waals surface area contributed by atoms with E-state index >= 15 is 0 Å². The number of carbonyl (C=O) groups excluding carboxylic acids is 1. The molecular weight excluding hydrogens is 609 g/mol. The molecule has 13 heteroatoms. The van der Waals surface area contributed by atoms with Crippen molar-refractivity contribution < 1.29 is 24.5 Å². The molecule has 4 heterocycles. The monoisotopic (exact) mass is 639 g/mol. The number of fused-ring (bicyclic) bond motifs is 1. The second-order valence-corrected chi connectivity index (χ2v) is 12.3. The van der Waals surface area contributed by atoms with E-state index in [1.807, 2.05) is 19.1 Å². The van der Waals surface area contributed by atoms with Gasteiger partial charge in [-0.2, -0.15) is 0 Å². The Balaban J connectivity index is 1.19. The first-order chi connectivity index (χ1) is 21.0. The molecule has 2 atom stereocenters. The lowest BCUT2D eigenvalue weighted by atomic mass is 9.91. The number of rotatable bonds is 5. The molecule has 2 N–H and O–H groups in total. The molecule has 0 saturated carbocycles. The van der Waals surface area contributed by atoms with Gasteiger partial charge in [0.15, 0.2) is 5.65 Å². The molecule has 44 heavy (non-hydrogen) atoms. The van der Waals surface area contributed by atoms with Gasteiger partial charge in [0.25, 0.3) is 11.5 Å². The standard InChI is InChI=1S/C31H31Cl2N5O6/c1-19-15-37(30(41)42)25(16-44-19)20-5-7-23(8-6-20)38-26(33)14-24-27(38)34-18-36(29(24)40)17-31(43)9-11-35(12-10-31)28(39)21-3-2-4-22(32)13-21/h2-8,13-14,18-19,25,43H,9-12,15-17H2,1H3,(H,41,42)/t19-,25-/m0/s1. The summed E-state index contributed by atoms with van der Waals surface area (Å²) in [7, 11) is 0. The molecule has 2 aliphatic heterocycles. The van der Waals surface area contributed by atoms with E-state index in [2.05, 4.69) is 4.98 Å². The van der Waals surface area contributed by atoms with Crippen LogP contribution in [-0.2, 0) is 11.3 Å². The maximum atomic E-state index is 13.5. The highest BCUT2D eigenvalue weighted by molar-refractivity contribution is 6.31. The smallest absolute Gasteiger partial charge is 0.407 e. The van der Waals surface area contributed by atoms with Gasteiger partial charge in [-0.15, -0.1) is 0 Å². The summed E-state index contributed by atoms with van der Waals surface area (Å²) < 4.78 is 8.74. The number of hydrogen-bond acceptors (Lipinski definition) is 6. The topological polar surface area (TPSA) is 130 Å². The lowest BCUT2D eigenvalue weighted by Gasteiger charge is -2.38. The molecule has 2 saturated heterocycles. The number of ether oxygens (including phenoxy) is 1. The number of nitrogens with zero attached hydrogens (tertiary/aromatic N) is 5. The van der Waals surface area contributed by atoms with Gasteiger partial charge >= 0.3 is 6.09 Å². The van der Waals surface area contributed by atoms with Gasteiger partial charge in [-0.25, -0.2) is 9.78 Å². The first kappa shape index (κ1) is 30.1. The van der Waals surface area contributed by atoms with Crippen LogP contribution in [0.15, 0.2) is 65.7 Å². The number of hydrogen-bond donors (Lipinski definition) is 2. The van der Waals surface area contributed by atoms with Crippen LogP contribution in [-0.4, -0.2) is 84.1 Å². The van der Waals surface area contributed by atoms with Crippen LogP contribution in [0.3, 0.4) is 0 Å². The van der Waals surface area contributed by atoms with Gasteiger partial charge in [0.05, 0.1) is 42.8 Å². The highest BCUT2D eigenvalue weighted by Gasteiger charge is 2.35. The van der Waals surface area contributed by atoms with E-state index in [0.717, 1.165) is 5.56 Å². The van der Waals surface area contributed by atoms with E-state index in [1.165, 1.54) is 15.8 Å². The Bertz CT molecular complexity index is 1780. The minimum atomic E-state index is -1.20. The van der Waals surface area contributed by atoms with Crippen molar-refractivity contribution in [2.45, 2.75) is 44.1 Å². The number of aliphatic hydroxyl groups is 1. The van der Waals surface area contributed by atoms with E-state index < -0.39 is 17.7 Å². The molecule has 230 valence electrons. The van der Waals surface area contributed by atoms with Crippen molar-refractivity contribution in [3.63, 3.8) is 0 Å². The normalized spacial score (nSPS) is 20.2. The van der Waals surface area contributed by atoms with E-state index in [-0.39, 0.29) is 42.4 Å². The summed E-state index contributed by atoms with van der Waals surface area (Å²) in [6.45, 7) is 3.06. The summed E-state index contributed by atoms with van der Waals surface area (Å²) in [4.78, 5) is 45.8. The second kappa shape index (κ2) is 11.9. The van der Waals surface area contributed by atoms with Gasteiger partial charge < -0.3 is 19.8 Å². The van der Waals surface area contributed by atoms with Gasteiger partial charge in [0.1, 0.15) is 11.5 Å². The highest BCUT2D eigenvalue weighted by Crippen LogP contribution is 2.30. The van der Waals surface area contributed by atoms with E-state index in [4.69, 9.17) is 27.9 Å². The van der Waals surface area contributed by atoms with Crippen LogP contribution in [0, 0.1) is 0 Å². The molecule has 6 rings (SSSR count). The molecule has 0 unspecified atom stereocenters. The number of aromatic nitrogens is 3. The molecular formula is C31H31Cl2N5O6. The Hall–Kier alpha value is -3.90. The molecule has 2 amide bonds. The molecule has 11 nitrogen and oxygen atoms in total. The van der Waals surface area contributed by atoms with Crippen molar-refractivity contribution in [1.82, 2.24) is 23.9 Å². The van der Waals surface area contributed by atoms with Crippen LogP contribution in [0.5, 0.6) is 0 Å². The van der Waals surface area contributed by atoms with Crippen molar-refractivity contribution in [2.24, 2.45) is 0 Å². The SMILES string of the molecule is C[C@H]1CN(C(=O)O)[C@H](c2ccc(-n3c(Cl)cc4c(=O)n(CC5(O)CCN(C(=O)c6cccc(Cl)c6)CC5)cnc43)cc2)CO1. The highest BCUT2D eigenvalue weighted by atomic mass is 35.5. The zero-order valence-corrected chi connectivity index (χ0v) is 25.4. The van der Waals surface area contributed by atoms with Crippen molar-refractivity contribution in [3.05, 3.63) is 92.6 Å². The zero-order chi connectivity index (χ0) is 31.2. The Morgan fingerprint density at radius 3 is 2.50 bits per heavy atom. The molecule has 4 aromatic rings. The Morgan fingerprint density at radius 2 is 1.82 bits per heavy atom. The van der Waals surface area contributed by atoms with Crippen molar-refractivity contribution in [2.75, 3.05) is 26.2 Å². The zero-order valence-electron chi connectivity index (χ0n) is 23.9. The summed E-state index contributed by atoms with van der Waals surface area (Å²) in [5.41, 5.74) is 0.741. The van der Waals surface area contributed by atoms with Crippen molar-refractivity contribution in [3.8, 4) is 5.69 Å². The number of morpholine rings is 1. The average Bonchev–Trinajstić information content (AvgIpc) is 3.35. The lowest BCUT2D eigenvalue weighted by molar-refractivity contribution is -0.0465. The quantitative estimate of drug-likeness (QED) is 0.326. The van der Waals surface area contributed by atoms with E-state index in [9.17, 15) is 24.6 Å². The fourth-order valence-electron chi connectivity index (χ4n) is 5.99. The van der Waals surface area contributed by atoms with Crippen molar-refractivity contribution >= 4 is 46.2 Å². The lowest BCUT2D eigenvalue weighted by Crippen LogP contribution is -2.49. The summed E-state index contributed by atoms with van der Waals surface area (Å²) in [6.07, 6.45) is 0.803. The van der Waals surface area contributed by atoms with Crippen LogP contribution < -0.4 is 5.56 Å². The summed E-state index contributed by atoms with van der Waals surface area (Å²) in [5, 5.41) is 22.1. The fourth-order valence-corrected chi connectivity index (χ4v) is 6.46. The molecule has 2 fully saturated rings. The van der Waals surface area contributed by atoms with Crippen LogP contribution in [0.1, 0.15) is 41.7 Å². The molecule has 2 aromatic carbocycles. The molecule has 0 radical (unpaired) electrons. The van der Waals surface area contributed by atoms with Crippen LogP contribution in [0.2, 0.25) is 10.2 Å². The minimum absolute atomic E-state index is 0.0214. The Labute approximate surface area is 262 Å². The predicted octanol–water partition coefficient (Wildman–Crippen LogP) is 4.60. The third kappa shape index (κ3) is 5.80. The van der Waals surface area contributed by atoms with E-state index in [0.29, 0.717) is 53.2 Å². The minimum Gasteiger partial charge on any atom is -0.465 e. The van der Waals surface area contributed by atoms with Gasteiger partial charge in [0.2, 0.25) is 0 Å². The third-order valence-electron chi connectivity index (χ3n) is 8.41. The van der Waals surface area contributed by atoms with Gasteiger partial charge in [-0.3, -0.25) is 23.6 Å². The average molecular weight is 641 g/mol. The number of halogens is 2. The second-order valence-electron chi connectivity index (χ2n) is 11.4. The number of carbonyl (C=O) groups is 2. The van der Waals surface area contributed by atoms with Crippen LogP contribution >= 0.6 is 23.2 Å². The Morgan fingerprint density at radius 1 is 1.09 bits per heavy atom. The predicted molar refractivity (Wildman–Crippen MR) is 165 cm³/mol. The Kier molecular flexibility index (Phi) is 8.14. The molecule has 0 spiro atoms. The number of likely N-dealkylation sites (tertiary alicyclic amines) is 1. The maximum Gasteiger partial charge on any atom is 0.407 e. The summed E-state index contributed by atoms with van der Waals surface area (Å²) >= 11 is 12.6. The van der Waals surface area contributed by atoms with Crippen molar-refractivity contribution in [1.29, 1.82) is 0 Å².